The Hall–Kier alpha value is -1.62. The molecule has 0 aliphatic carbocycles. The number of hydrogen-bond donors (Lipinski definition) is 0. The maximum Gasteiger partial charge on any atom is 0.167 e. The molecule has 1 fully saturated rings. The predicted molar refractivity (Wildman–Crippen MR) is 66.0 cm³/mol. The Balaban J connectivity index is 1.90. The zero-order valence-corrected chi connectivity index (χ0v) is 10.5. The molecule has 3 nitrogen and oxygen atoms in total. The highest BCUT2D eigenvalue weighted by Crippen LogP contribution is 2.13. The molecule has 1 aliphatic heterocycles. The Labute approximate surface area is 110 Å². The van der Waals surface area contributed by atoms with Gasteiger partial charge in [0.15, 0.2) is 5.78 Å². The van der Waals surface area contributed by atoms with E-state index in [0.29, 0.717) is 32.5 Å². The van der Waals surface area contributed by atoms with Gasteiger partial charge in [0.1, 0.15) is 17.4 Å². The van der Waals surface area contributed by atoms with Gasteiger partial charge in [-0.15, -0.1) is 0 Å². The molecule has 1 aliphatic rings. The number of hydrogen-bond acceptors (Lipinski definition) is 3. The van der Waals surface area contributed by atoms with Gasteiger partial charge in [-0.1, -0.05) is 0 Å². The van der Waals surface area contributed by atoms with E-state index < -0.39 is 17.4 Å². The maximum absolute atomic E-state index is 13.4. The van der Waals surface area contributed by atoms with Crippen molar-refractivity contribution in [3.63, 3.8) is 0 Å². The summed E-state index contributed by atoms with van der Waals surface area (Å²) in [6.45, 7) is 1.75. The minimum atomic E-state index is -0.694. The van der Waals surface area contributed by atoms with E-state index in [2.05, 4.69) is 0 Å². The normalized spacial score (nSPS) is 16.6. The van der Waals surface area contributed by atoms with E-state index >= 15 is 0 Å². The molecular weight excluding hydrogens is 252 g/mol. The fourth-order valence-electron chi connectivity index (χ4n) is 2.13. The lowest BCUT2D eigenvalue weighted by molar-refractivity contribution is -0.121. The van der Waals surface area contributed by atoms with Gasteiger partial charge in [-0.2, -0.15) is 0 Å². The van der Waals surface area contributed by atoms with Crippen LogP contribution in [0.15, 0.2) is 18.2 Å². The molecule has 2 rings (SSSR count). The first kappa shape index (κ1) is 13.8. The maximum atomic E-state index is 13.4. The van der Waals surface area contributed by atoms with E-state index in [0.717, 1.165) is 18.2 Å². The molecule has 1 heterocycles. The van der Waals surface area contributed by atoms with Crippen molar-refractivity contribution in [2.45, 2.75) is 19.3 Å². The molecule has 0 atom stereocenters. The first-order chi connectivity index (χ1) is 9.06. The van der Waals surface area contributed by atoms with E-state index in [9.17, 15) is 18.4 Å². The predicted octanol–water partition coefficient (Wildman–Crippen LogP) is 2.20. The molecule has 1 aromatic rings. The number of ketones is 2. The number of halogens is 2. The van der Waals surface area contributed by atoms with Gasteiger partial charge in [0.25, 0.3) is 0 Å². The second-order valence-corrected chi connectivity index (χ2v) is 4.68. The Bertz CT molecular complexity index is 492. The first-order valence-electron chi connectivity index (χ1n) is 6.28. The number of Topliss-reactive ketones (excluding diaryl/α,β-unsaturated/α-hetero) is 2. The number of likely N-dealkylation sites (tertiary alicyclic amines) is 1. The quantitative estimate of drug-likeness (QED) is 0.785. The molecule has 102 valence electrons. The molecule has 5 heteroatoms. The molecular formula is C14H15F2NO2. The van der Waals surface area contributed by atoms with E-state index in [1.165, 1.54) is 0 Å². The standard InChI is InChI=1S/C14H15F2NO2/c15-10-1-2-13(16)12(9-10)14(19)5-8-17-6-3-11(18)4-7-17/h1-2,9H,3-8H2. The second-order valence-electron chi connectivity index (χ2n) is 4.68. The summed E-state index contributed by atoms with van der Waals surface area (Å²) in [6, 6.07) is 2.88. The average molecular weight is 267 g/mol. The smallest absolute Gasteiger partial charge is 0.167 e. The van der Waals surface area contributed by atoms with Gasteiger partial charge < -0.3 is 4.90 Å². The highest BCUT2D eigenvalue weighted by molar-refractivity contribution is 5.96. The molecule has 0 N–H and O–H groups in total. The van der Waals surface area contributed by atoms with Gasteiger partial charge >= 0.3 is 0 Å². The Morgan fingerprint density at radius 2 is 1.89 bits per heavy atom. The third kappa shape index (κ3) is 3.67. The molecule has 0 saturated carbocycles. The van der Waals surface area contributed by atoms with E-state index in [4.69, 9.17) is 0 Å². The van der Waals surface area contributed by atoms with Crippen molar-refractivity contribution >= 4 is 11.6 Å². The molecule has 0 aromatic heterocycles. The van der Waals surface area contributed by atoms with Crippen LogP contribution in [0.3, 0.4) is 0 Å². The lowest BCUT2D eigenvalue weighted by Gasteiger charge is -2.25. The van der Waals surface area contributed by atoms with E-state index in [-0.39, 0.29) is 17.8 Å². The van der Waals surface area contributed by atoms with Crippen LogP contribution in [0.2, 0.25) is 0 Å². The summed E-state index contributed by atoms with van der Waals surface area (Å²) in [5.41, 5.74) is -0.201. The average Bonchev–Trinajstić information content (AvgIpc) is 2.40. The monoisotopic (exact) mass is 267 g/mol. The molecule has 0 unspecified atom stereocenters. The highest BCUT2D eigenvalue weighted by Gasteiger charge is 2.18. The minimum absolute atomic E-state index is 0.133. The van der Waals surface area contributed by atoms with Crippen LogP contribution in [-0.4, -0.2) is 36.1 Å². The molecule has 0 amide bonds. The Kier molecular flexibility index (Phi) is 4.37. The summed E-state index contributed by atoms with van der Waals surface area (Å²) in [5.74, 6) is -1.49. The lowest BCUT2D eigenvalue weighted by Crippen LogP contribution is -2.35. The first-order valence-corrected chi connectivity index (χ1v) is 6.28. The molecule has 0 radical (unpaired) electrons. The zero-order chi connectivity index (χ0) is 13.8. The third-order valence-corrected chi connectivity index (χ3v) is 3.30. The van der Waals surface area contributed by atoms with Crippen LogP contribution in [0, 0.1) is 11.6 Å². The number of rotatable bonds is 4. The lowest BCUT2D eigenvalue weighted by atomic mass is 10.1. The van der Waals surface area contributed by atoms with Crippen LogP contribution in [-0.2, 0) is 4.79 Å². The number of nitrogens with zero attached hydrogens (tertiary/aromatic N) is 1. The molecule has 1 saturated heterocycles. The van der Waals surface area contributed by atoms with Crippen LogP contribution in [0.25, 0.3) is 0 Å². The highest BCUT2D eigenvalue weighted by atomic mass is 19.1. The van der Waals surface area contributed by atoms with Crippen LogP contribution in [0.4, 0.5) is 8.78 Å². The van der Waals surface area contributed by atoms with Crippen LogP contribution >= 0.6 is 0 Å². The van der Waals surface area contributed by atoms with Crippen molar-refractivity contribution in [3.8, 4) is 0 Å². The minimum Gasteiger partial charge on any atom is -0.302 e. The van der Waals surface area contributed by atoms with Crippen LogP contribution < -0.4 is 0 Å². The summed E-state index contributed by atoms with van der Waals surface area (Å²) in [4.78, 5) is 24.9. The largest absolute Gasteiger partial charge is 0.302 e. The van der Waals surface area contributed by atoms with E-state index in [1.54, 1.807) is 0 Å². The zero-order valence-electron chi connectivity index (χ0n) is 10.5. The van der Waals surface area contributed by atoms with Crippen molar-refractivity contribution in [3.05, 3.63) is 35.4 Å². The van der Waals surface area contributed by atoms with Gasteiger partial charge in [0.2, 0.25) is 0 Å². The Morgan fingerprint density at radius 3 is 2.58 bits per heavy atom. The van der Waals surface area contributed by atoms with Crippen molar-refractivity contribution < 1.29 is 18.4 Å². The summed E-state index contributed by atoms with van der Waals surface area (Å²) in [6.07, 6.45) is 1.14. The fraction of sp³-hybridized carbons (Fsp3) is 0.429. The van der Waals surface area contributed by atoms with Gasteiger partial charge in [-0.3, -0.25) is 9.59 Å². The fourth-order valence-corrected chi connectivity index (χ4v) is 2.13. The molecule has 19 heavy (non-hydrogen) atoms. The Morgan fingerprint density at radius 1 is 1.21 bits per heavy atom. The van der Waals surface area contributed by atoms with Gasteiger partial charge in [0.05, 0.1) is 5.56 Å². The SMILES string of the molecule is O=C1CCN(CCC(=O)c2cc(F)ccc2F)CC1. The van der Waals surface area contributed by atoms with Gasteiger partial charge in [-0.25, -0.2) is 8.78 Å². The van der Waals surface area contributed by atoms with Crippen LogP contribution in [0.5, 0.6) is 0 Å². The molecule has 0 spiro atoms. The molecule has 0 bridgehead atoms. The summed E-state index contributed by atoms with van der Waals surface area (Å²) in [5, 5.41) is 0. The van der Waals surface area contributed by atoms with Crippen LogP contribution in [0.1, 0.15) is 29.6 Å². The van der Waals surface area contributed by atoms with Crippen molar-refractivity contribution in [2.24, 2.45) is 0 Å². The number of carbonyl (C=O) groups is 2. The van der Waals surface area contributed by atoms with Crippen molar-refractivity contribution in [2.75, 3.05) is 19.6 Å². The molecule has 1 aromatic carbocycles. The van der Waals surface area contributed by atoms with Crippen molar-refractivity contribution in [1.29, 1.82) is 0 Å². The topological polar surface area (TPSA) is 37.4 Å². The van der Waals surface area contributed by atoms with E-state index in [1.807, 2.05) is 4.90 Å². The van der Waals surface area contributed by atoms with Gasteiger partial charge in [0, 0.05) is 38.9 Å². The summed E-state index contributed by atoms with van der Waals surface area (Å²) in [7, 11) is 0. The third-order valence-electron chi connectivity index (χ3n) is 3.30. The number of carbonyl (C=O) groups excluding carboxylic acids is 2. The summed E-state index contributed by atoms with van der Waals surface area (Å²) >= 11 is 0. The van der Waals surface area contributed by atoms with Gasteiger partial charge in [-0.05, 0) is 18.2 Å². The van der Waals surface area contributed by atoms with Crippen molar-refractivity contribution in [1.82, 2.24) is 4.90 Å². The number of piperidine rings is 1. The summed E-state index contributed by atoms with van der Waals surface area (Å²) < 4.78 is 26.4. The number of benzene rings is 1. The second kappa shape index (κ2) is 6.02.